The minimum Gasteiger partial charge on any atom is -0.423 e. The predicted molar refractivity (Wildman–Crippen MR) is 72.4 cm³/mol. The van der Waals surface area contributed by atoms with E-state index in [9.17, 15) is 4.39 Å². The summed E-state index contributed by atoms with van der Waals surface area (Å²) < 4.78 is 18.9. The Kier molecular flexibility index (Phi) is 2.88. The van der Waals surface area contributed by atoms with Crippen LogP contribution in [-0.4, -0.2) is 6.92 Å². The molecule has 2 aromatic rings. The smallest absolute Gasteiger partial charge is 0.362 e. The zero-order valence-corrected chi connectivity index (χ0v) is 10.7. The lowest BCUT2D eigenvalue weighted by Gasteiger charge is -2.11. The Morgan fingerprint density at radius 2 is 1.94 bits per heavy atom. The van der Waals surface area contributed by atoms with Crippen LogP contribution >= 0.6 is 11.6 Å². The third kappa shape index (κ3) is 1.94. The molecule has 0 unspecified atom stereocenters. The van der Waals surface area contributed by atoms with E-state index in [2.05, 4.69) is 0 Å². The van der Waals surface area contributed by atoms with E-state index in [1.54, 1.807) is 12.1 Å². The van der Waals surface area contributed by atoms with Gasteiger partial charge in [0.2, 0.25) is 0 Å². The molecular formula is C14H11BClFO. The van der Waals surface area contributed by atoms with Crippen molar-refractivity contribution in [3.05, 3.63) is 58.4 Å². The number of aryl methyl sites for hydroxylation is 1. The van der Waals surface area contributed by atoms with Gasteiger partial charge in [0.1, 0.15) is 5.82 Å². The van der Waals surface area contributed by atoms with Crippen molar-refractivity contribution in [2.24, 2.45) is 0 Å². The maximum Gasteiger partial charge on any atom is 0.362 e. The van der Waals surface area contributed by atoms with Crippen LogP contribution in [0.3, 0.4) is 0 Å². The second-order valence-electron chi connectivity index (χ2n) is 4.54. The van der Waals surface area contributed by atoms with Crippen molar-refractivity contribution in [3.63, 3.8) is 0 Å². The van der Waals surface area contributed by atoms with E-state index < -0.39 is 0 Å². The van der Waals surface area contributed by atoms with Gasteiger partial charge < -0.3 is 4.65 Å². The SMILES string of the molecule is Cc1cc(Cl)ccc1B1OCc2cc(F)ccc21. The Bertz CT molecular complexity index is 615. The minimum atomic E-state index is -0.217. The number of benzene rings is 2. The highest BCUT2D eigenvalue weighted by Gasteiger charge is 2.31. The van der Waals surface area contributed by atoms with Gasteiger partial charge in [-0.05, 0) is 47.7 Å². The van der Waals surface area contributed by atoms with Crippen molar-refractivity contribution >= 4 is 29.4 Å². The molecule has 0 bridgehead atoms. The van der Waals surface area contributed by atoms with E-state index in [4.69, 9.17) is 16.3 Å². The third-order valence-corrected chi connectivity index (χ3v) is 3.54. The molecule has 18 heavy (non-hydrogen) atoms. The van der Waals surface area contributed by atoms with Gasteiger partial charge in [0.25, 0.3) is 0 Å². The van der Waals surface area contributed by atoms with E-state index in [0.717, 1.165) is 22.1 Å². The normalized spacial score (nSPS) is 13.8. The lowest BCUT2D eigenvalue weighted by Crippen LogP contribution is -2.42. The van der Waals surface area contributed by atoms with Crippen molar-refractivity contribution in [1.29, 1.82) is 0 Å². The molecular weight excluding hydrogens is 249 g/mol. The van der Waals surface area contributed by atoms with Crippen LogP contribution in [-0.2, 0) is 11.3 Å². The van der Waals surface area contributed by atoms with Gasteiger partial charge in [-0.1, -0.05) is 29.3 Å². The number of rotatable bonds is 1. The Balaban J connectivity index is 2.06. The Morgan fingerprint density at radius 1 is 1.17 bits per heavy atom. The molecule has 0 aromatic heterocycles. The van der Waals surface area contributed by atoms with Crippen LogP contribution in [0.15, 0.2) is 36.4 Å². The number of hydrogen-bond acceptors (Lipinski definition) is 1. The highest BCUT2D eigenvalue weighted by Crippen LogP contribution is 2.15. The summed E-state index contributed by atoms with van der Waals surface area (Å²) >= 11 is 5.95. The summed E-state index contributed by atoms with van der Waals surface area (Å²) in [6, 6.07) is 10.6. The van der Waals surface area contributed by atoms with E-state index in [-0.39, 0.29) is 12.7 Å². The van der Waals surface area contributed by atoms with E-state index in [0.29, 0.717) is 11.6 Å². The van der Waals surface area contributed by atoms with Crippen LogP contribution in [0.25, 0.3) is 0 Å². The van der Waals surface area contributed by atoms with Crippen LogP contribution in [0.2, 0.25) is 5.02 Å². The molecule has 4 heteroatoms. The van der Waals surface area contributed by atoms with Crippen LogP contribution in [0, 0.1) is 12.7 Å². The first-order valence-electron chi connectivity index (χ1n) is 5.81. The van der Waals surface area contributed by atoms with Gasteiger partial charge >= 0.3 is 6.92 Å². The molecule has 0 aliphatic carbocycles. The summed E-state index contributed by atoms with van der Waals surface area (Å²) in [5.41, 5.74) is 4.14. The minimum absolute atomic E-state index is 0.113. The van der Waals surface area contributed by atoms with Crippen molar-refractivity contribution in [2.75, 3.05) is 0 Å². The van der Waals surface area contributed by atoms with E-state index >= 15 is 0 Å². The first-order chi connectivity index (χ1) is 8.65. The number of fused-ring (bicyclic) bond motifs is 1. The van der Waals surface area contributed by atoms with E-state index in [1.807, 2.05) is 25.1 Å². The molecule has 90 valence electrons. The predicted octanol–water partition coefficient (Wildman–Crippen LogP) is 2.42. The van der Waals surface area contributed by atoms with Crippen LogP contribution in [0.4, 0.5) is 4.39 Å². The Morgan fingerprint density at radius 3 is 2.72 bits per heavy atom. The number of halogens is 2. The molecule has 0 atom stereocenters. The second kappa shape index (κ2) is 4.41. The monoisotopic (exact) mass is 260 g/mol. The fraction of sp³-hybridized carbons (Fsp3) is 0.143. The lowest BCUT2D eigenvalue weighted by molar-refractivity contribution is 0.336. The first kappa shape index (κ1) is 11.8. The second-order valence-corrected chi connectivity index (χ2v) is 4.97. The molecule has 2 aromatic carbocycles. The van der Waals surface area contributed by atoms with Crippen molar-refractivity contribution < 1.29 is 9.04 Å². The fourth-order valence-corrected chi connectivity index (χ4v) is 2.64. The largest absolute Gasteiger partial charge is 0.423 e. The van der Waals surface area contributed by atoms with Gasteiger partial charge in [0, 0.05) is 5.02 Å². The molecule has 0 radical (unpaired) electrons. The lowest BCUT2D eigenvalue weighted by atomic mass is 9.55. The third-order valence-electron chi connectivity index (χ3n) is 3.31. The molecule has 0 spiro atoms. The van der Waals surface area contributed by atoms with Crippen LogP contribution in [0.1, 0.15) is 11.1 Å². The highest BCUT2D eigenvalue weighted by molar-refractivity contribution is 6.81. The first-order valence-corrected chi connectivity index (χ1v) is 6.19. The summed E-state index contributed by atoms with van der Waals surface area (Å²) in [6.45, 7) is 2.35. The quantitative estimate of drug-likeness (QED) is 0.716. The maximum atomic E-state index is 13.2. The summed E-state index contributed by atoms with van der Waals surface area (Å²) in [6.07, 6.45) is 0. The van der Waals surface area contributed by atoms with Crippen molar-refractivity contribution in [1.82, 2.24) is 0 Å². The average Bonchev–Trinajstić information content (AvgIpc) is 2.72. The summed E-state index contributed by atoms with van der Waals surface area (Å²) in [7, 11) is 0. The molecule has 0 fully saturated rings. The molecule has 1 aliphatic rings. The summed E-state index contributed by atoms with van der Waals surface area (Å²) in [5, 5.41) is 0.716. The fourth-order valence-electron chi connectivity index (χ4n) is 2.41. The molecule has 0 saturated heterocycles. The summed E-state index contributed by atoms with van der Waals surface area (Å²) in [5.74, 6) is -0.217. The van der Waals surface area contributed by atoms with Crippen molar-refractivity contribution in [2.45, 2.75) is 13.5 Å². The highest BCUT2D eigenvalue weighted by atomic mass is 35.5. The van der Waals surface area contributed by atoms with Crippen LogP contribution < -0.4 is 10.9 Å². The maximum absolute atomic E-state index is 13.2. The number of hydrogen-bond donors (Lipinski definition) is 0. The molecule has 0 amide bonds. The van der Waals surface area contributed by atoms with Gasteiger partial charge in [0.15, 0.2) is 0 Å². The molecule has 1 heterocycles. The van der Waals surface area contributed by atoms with Crippen LogP contribution in [0.5, 0.6) is 0 Å². The molecule has 3 rings (SSSR count). The van der Waals surface area contributed by atoms with Gasteiger partial charge in [-0.15, -0.1) is 0 Å². The Labute approximate surface area is 111 Å². The van der Waals surface area contributed by atoms with Gasteiger partial charge in [-0.25, -0.2) is 4.39 Å². The van der Waals surface area contributed by atoms with Gasteiger partial charge in [-0.3, -0.25) is 0 Å². The van der Waals surface area contributed by atoms with E-state index in [1.165, 1.54) is 6.07 Å². The molecule has 0 saturated carbocycles. The van der Waals surface area contributed by atoms with Crippen molar-refractivity contribution in [3.8, 4) is 0 Å². The van der Waals surface area contributed by atoms with Gasteiger partial charge in [0.05, 0.1) is 6.61 Å². The average molecular weight is 261 g/mol. The standard InChI is InChI=1S/C14H11BClFO/c1-9-6-11(16)2-4-13(9)15-14-5-3-12(17)7-10(14)8-18-15/h2-7H,8H2,1H3. The molecule has 1 nitrogen and oxygen atoms in total. The summed E-state index contributed by atoms with van der Waals surface area (Å²) in [4.78, 5) is 0. The molecule has 1 aliphatic heterocycles. The molecule has 0 N–H and O–H groups in total. The van der Waals surface area contributed by atoms with Gasteiger partial charge in [-0.2, -0.15) is 0 Å². The Hall–Kier alpha value is -1.32. The zero-order valence-electron chi connectivity index (χ0n) is 9.91. The zero-order chi connectivity index (χ0) is 12.7. The topological polar surface area (TPSA) is 9.23 Å².